The number of nitrogens with zero attached hydrogens (tertiary/aromatic N) is 2. The first kappa shape index (κ1) is 21.2. The molecule has 1 aromatic carbocycles. The molecule has 29 heavy (non-hydrogen) atoms. The first-order chi connectivity index (χ1) is 14.0. The van der Waals surface area contributed by atoms with Gasteiger partial charge in [-0.15, -0.1) is 0 Å². The molecule has 0 saturated heterocycles. The molecule has 0 aliphatic heterocycles. The van der Waals surface area contributed by atoms with E-state index in [2.05, 4.69) is 4.98 Å². The van der Waals surface area contributed by atoms with Crippen molar-refractivity contribution in [3.05, 3.63) is 74.9 Å². The predicted octanol–water partition coefficient (Wildman–Crippen LogP) is 5.16. The number of methoxy groups -OCH3 is 1. The molecule has 0 atom stereocenters. The molecule has 5 nitrogen and oxygen atoms in total. The Morgan fingerprint density at radius 1 is 1.07 bits per heavy atom. The van der Waals surface area contributed by atoms with Crippen LogP contribution in [0.4, 0.5) is 0 Å². The van der Waals surface area contributed by atoms with Gasteiger partial charge in [-0.2, -0.15) is 0 Å². The van der Waals surface area contributed by atoms with Crippen LogP contribution in [0.25, 0.3) is 11.1 Å². The quantitative estimate of drug-likeness (QED) is 0.364. The van der Waals surface area contributed by atoms with E-state index in [1.165, 1.54) is 10.6 Å². The third-order valence-corrected chi connectivity index (χ3v) is 5.12. The van der Waals surface area contributed by atoms with E-state index in [-0.39, 0.29) is 5.56 Å². The van der Waals surface area contributed by atoms with Crippen LogP contribution in [0.15, 0.2) is 53.6 Å². The van der Waals surface area contributed by atoms with E-state index in [0.717, 1.165) is 41.7 Å². The summed E-state index contributed by atoms with van der Waals surface area (Å²) in [5.74, 6) is 1.33. The van der Waals surface area contributed by atoms with Gasteiger partial charge < -0.3 is 14.0 Å². The summed E-state index contributed by atoms with van der Waals surface area (Å²) >= 11 is 12.3. The van der Waals surface area contributed by atoms with Crippen molar-refractivity contribution >= 4 is 23.2 Å². The van der Waals surface area contributed by atoms with E-state index in [4.69, 9.17) is 32.7 Å². The predicted molar refractivity (Wildman–Crippen MR) is 116 cm³/mol. The minimum atomic E-state index is -0.146. The Morgan fingerprint density at radius 3 is 2.66 bits per heavy atom. The second-order valence-electron chi connectivity index (χ2n) is 6.60. The van der Waals surface area contributed by atoms with Crippen molar-refractivity contribution in [1.29, 1.82) is 0 Å². The molecule has 0 amide bonds. The summed E-state index contributed by atoms with van der Waals surface area (Å²) in [6, 6.07) is 10.7. The zero-order valence-electron chi connectivity index (χ0n) is 16.3. The molecule has 152 valence electrons. The number of aromatic nitrogens is 2. The van der Waals surface area contributed by atoms with Gasteiger partial charge in [-0.1, -0.05) is 23.2 Å². The van der Waals surface area contributed by atoms with E-state index in [1.54, 1.807) is 32.6 Å². The summed E-state index contributed by atoms with van der Waals surface area (Å²) in [6.07, 6.45) is 5.87. The number of halogens is 2. The van der Waals surface area contributed by atoms with Gasteiger partial charge in [0.2, 0.25) is 0 Å². The molecule has 7 heteroatoms. The van der Waals surface area contributed by atoms with Crippen LogP contribution in [0.3, 0.4) is 0 Å². The van der Waals surface area contributed by atoms with Crippen molar-refractivity contribution in [2.45, 2.75) is 19.3 Å². The molecule has 0 aliphatic rings. The maximum atomic E-state index is 12.1. The van der Waals surface area contributed by atoms with Gasteiger partial charge in [0.25, 0.3) is 5.56 Å². The number of rotatable bonds is 8. The number of hydrogen-bond donors (Lipinski definition) is 0. The Bertz CT molecular complexity index is 1050. The highest BCUT2D eigenvalue weighted by atomic mass is 35.5. The highest BCUT2D eigenvalue weighted by Gasteiger charge is 2.13. The van der Waals surface area contributed by atoms with Gasteiger partial charge in [0.15, 0.2) is 0 Å². The second kappa shape index (κ2) is 9.81. The third-order valence-electron chi connectivity index (χ3n) is 4.58. The SMILES string of the molecule is COc1ccc(Cl)cc1CCCCOc1cc(=O)n(C)cc1-c1cccnc1Cl. The van der Waals surface area contributed by atoms with Crippen LogP contribution in [0.5, 0.6) is 11.5 Å². The Balaban J connectivity index is 1.67. The summed E-state index contributed by atoms with van der Waals surface area (Å²) < 4.78 is 12.8. The highest BCUT2D eigenvalue weighted by Crippen LogP contribution is 2.32. The van der Waals surface area contributed by atoms with Crippen molar-refractivity contribution in [2.24, 2.45) is 7.05 Å². The van der Waals surface area contributed by atoms with Crippen molar-refractivity contribution < 1.29 is 9.47 Å². The molecule has 0 saturated carbocycles. The third kappa shape index (κ3) is 5.31. The van der Waals surface area contributed by atoms with E-state index < -0.39 is 0 Å². The average Bonchev–Trinajstić information content (AvgIpc) is 2.71. The number of pyridine rings is 2. The molecular formula is C22H22Cl2N2O3. The highest BCUT2D eigenvalue weighted by molar-refractivity contribution is 6.32. The first-order valence-corrected chi connectivity index (χ1v) is 10.0. The summed E-state index contributed by atoms with van der Waals surface area (Å²) in [4.78, 5) is 16.2. The molecule has 0 bridgehead atoms. The summed E-state index contributed by atoms with van der Waals surface area (Å²) in [5, 5.41) is 1.05. The molecule has 0 fully saturated rings. The zero-order valence-corrected chi connectivity index (χ0v) is 17.8. The van der Waals surface area contributed by atoms with Gasteiger partial charge >= 0.3 is 0 Å². The number of unbranched alkanes of at least 4 members (excludes halogenated alkanes) is 1. The fraction of sp³-hybridized carbons (Fsp3) is 0.273. The minimum absolute atomic E-state index is 0.146. The van der Waals surface area contributed by atoms with Gasteiger partial charge in [0, 0.05) is 41.7 Å². The molecule has 0 radical (unpaired) electrons. The second-order valence-corrected chi connectivity index (χ2v) is 7.40. The van der Waals surface area contributed by atoms with Crippen LogP contribution in [0.2, 0.25) is 10.2 Å². The number of benzene rings is 1. The summed E-state index contributed by atoms with van der Waals surface area (Å²) in [5.41, 5.74) is 2.38. The van der Waals surface area contributed by atoms with E-state index in [9.17, 15) is 4.79 Å². The summed E-state index contributed by atoms with van der Waals surface area (Å²) in [6.45, 7) is 0.473. The van der Waals surface area contributed by atoms with Gasteiger partial charge in [-0.05, 0) is 55.2 Å². The van der Waals surface area contributed by atoms with Crippen LogP contribution in [-0.2, 0) is 13.5 Å². The lowest BCUT2D eigenvalue weighted by Crippen LogP contribution is -2.16. The van der Waals surface area contributed by atoms with Crippen molar-refractivity contribution in [3.63, 3.8) is 0 Å². The summed E-state index contributed by atoms with van der Waals surface area (Å²) in [7, 11) is 3.34. The monoisotopic (exact) mass is 432 g/mol. The first-order valence-electron chi connectivity index (χ1n) is 9.26. The lowest BCUT2D eigenvalue weighted by atomic mass is 10.1. The Kier molecular flexibility index (Phi) is 7.18. The van der Waals surface area contributed by atoms with Crippen LogP contribution in [0, 0.1) is 0 Å². The van der Waals surface area contributed by atoms with E-state index in [0.29, 0.717) is 22.5 Å². The van der Waals surface area contributed by atoms with Gasteiger partial charge in [0.05, 0.1) is 13.7 Å². The lowest BCUT2D eigenvalue weighted by Gasteiger charge is -2.14. The average molecular weight is 433 g/mol. The normalized spacial score (nSPS) is 10.8. The Labute approximate surface area is 179 Å². The minimum Gasteiger partial charge on any atom is -0.496 e. The molecule has 2 heterocycles. The molecule has 0 spiro atoms. The molecule has 0 unspecified atom stereocenters. The zero-order chi connectivity index (χ0) is 20.8. The van der Waals surface area contributed by atoms with Gasteiger partial charge in [-0.3, -0.25) is 4.79 Å². The maximum absolute atomic E-state index is 12.1. The maximum Gasteiger partial charge on any atom is 0.254 e. The molecule has 0 N–H and O–H groups in total. The molecule has 2 aromatic heterocycles. The standard InChI is InChI=1S/C22H22Cl2N2O3/c1-26-14-18(17-7-5-10-25-22(17)24)20(13-21(26)27)29-11-4-3-6-15-12-16(23)8-9-19(15)28-2/h5,7-10,12-14H,3-4,6,11H2,1-2H3. The van der Waals surface area contributed by atoms with Crippen LogP contribution in [-0.4, -0.2) is 23.3 Å². The fourth-order valence-electron chi connectivity index (χ4n) is 3.06. The smallest absolute Gasteiger partial charge is 0.254 e. The lowest BCUT2D eigenvalue weighted by molar-refractivity contribution is 0.306. The fourth-order valence-corrected chi connectivity index (χ4v) is 3.48. The Morgan fingerprint density at radius 2 is 1.90 bits per heavy atom. The molecule has 3 rings (SSSR count). The topological polar surface area (TPSA) is 53.4 Å². The van der Waals surface area contributed by atoms with Crippen molar-refractivity contribution in [3.8, 4) is 22.6 Å². The Hall–Kier alpha value is -2.50. The van der Waals surface area contributed by atoms with Gasteiger partial charge in [0.1, 0.15) is 16.7 Å². The number of ether oxygens (including phenoxy) is 2. The van der Waals surface area contributed by atoms with Crippen molar-refractivity contribution in [2.75, 3.05) is 13.7 Å². The molecular weight excluding hydrogens is 411 g/mol. The van der Waals surface area contributed by atoms with Crippen LogP contribution in [0.1, 0.15) is 18.4 Å². The van der Waals surface area contributed by atoms with E-state index in [1.807, 2.05) is 24.3 Å². The number of aryl methyl sites for hydroxylation is 2. The molecule has 3 aromatic rings. The molecule has 0 aliphatic carbocycles. The van der Waals surface area contributed by atoms with Gasteiger partial charge in [-0.25, -0.2) is 4.98 Å². The van der Waals surface area contributed by atoms with E-state index >= 15 is 0 Å². The number of hydrogen-bond acceptors (Lipinski definition) is 4. The van der Waals surface area contributed by atoms with Crippen LogP contribution < -0.4 is 15.0 Å². The van der Waals surface area contributed by atoms with Crippen molar-refractivity contribution in [1.82, 2.24) is 9.55 Å². The van der Waals surface area contributed by atoms with Crippen LogP contribution >= 0.6 is 23.2 Å². The largest absolute Gasteiger partial charge is 0.496 e.